The monoisotopic (exact) mass is 270 g/mol. The van der Waals surface area contributed by atoms with Crippen molar-refractivity contribution in [1.82, 2.24) is 0 Å². The van der Waals surface area contributed by atoms with Crippen molar-refractivity contribution in [2.24, 2.45) is 5.92 Å². The van der Waals surface area contributed by atoms with Crippen molar-refractivity contribution in [2.75, 3.05) is 17.3 Å². The molecule has 0 aliphatic carbocycles. The minimum absolute atomic E-state index is 0.0119. The Morgan fingerprint density at radius 3 is 2.83 bits per heavy atom. The van der Waals surface area contributed by atoms with Crippen LogP contribution in [0.3, 0.4) is 0 Å². The maximum atomic E-state index is 11.8. The van der Waals surface area contributed by atoms with E-state index in [1.807, 2.05) is 0 Å². The number of aromatic hydroxyl groups is 1. The summed E-state index contributed by atoms with van der Waals surface area (Å²) in [6.45, 7) is 0.372. The minimum Gasteiger partial charge on any atom is -0.506 e. The van der Waals surface area contributed by atoms with E-state index in [0.717, 1.165) is 0 Å². The van der Waals surface area contributed by atoms with Gasteiger partial charge in [0.05, 0.1) is 10.6 Å². The largest absolute Gasteiger partial charge is 0.506 e. The van der Waals surface area contributed by atoms with Crippen LogP contribution in [0.15, 0.2) is 18.2 Å². The number of hydrogen-bond donors (Lipinski definition) is 1. The number of non-ortho nitro benzene ring substituents is 1. The third kappa shape index (κ3) is 2.24. The zero-order chi connectivity index (χ0) is 13.3. The third-order valence-electron chi connectivity index (χ3n) is 2.88. The molecule has 0 saturated carbocycles. The number of nitro benzene ring substituents is 1. The second-order valence-corrected chi connectivity index (χ2v) is 4.47. The molecule has 1 aliphatic rings. The fourth-order valence-corrected chi connectivity index (χ4v) is 2.17. The van der Waals surface area contributed by atoms with Crippen molar-refractivity contribution in [3.05, 3.63) is 28.3 Å². The molecule has 1 saturated heterocycles. The first-order valence-corrected chi connectivity index (χ1v) is 5.90. The molecule has 0 bridgehead atoms. The lowest BCUT2D eigenvalue weighted by molar-refractivity contribution is -0.384. The van der Waals surface area contributed by atoms with Crippen molar-refractivity contribution in [3.63, 3.8) is 0 Å². The van der Waals surface area contributed by atoms with Gasteiger partial charge in [0.2, 0.25) is 5.91 Å². The summed E-state index contributed by atoms with van der Waals surface area (Å²) in [4.78, 5) is 23.2. The number of benzene rings is 1. The SMILES string of the molecule is O=C1CC(CCl)CN1c1cc([N+](=O)[O-])ccc1O. The third-order valence-corrected chi connectivity index (χ3v) is 3.32. The number of rotatable bonds is 3. The van der Waals surface area contributed by atoms with Crippen LogP contribution in [0.4, 0.5) is 11.4 Å². The Labute approximate surface area is 108 Å². The highest BCUT2D eigenvalue weighted by Crippen LogP contribution is 2.35. The maximum Gasteiger partial charge on any atom is 0.271 e. The van der Waals surface area contributed by atoms with Gasteiger partial charge in [-0.3, -0.25) is 14.9 Å². The summed E-state index contributed by atoms with van der Waals surface area (Å²) in [5.41, 5.74) is 0.00624. The first-order valence-electron chi connectivity index (χ1n) is 5.36. The molecule has 1 aromatic carbocycles. The van der Waals surface area contributed by atoms with Gasteiger partial charge in [-0.1, -0.05) is 0 Å². The number of phenolic OH excluding ortho intramolecular Hbond substituents is 1. The van der Waals surface area contributed by atoms with E-state index in [0.29, 0.717) is 18.8 Å². The zero-order valence-electron chi connectivity index (χ0n) is 9.38. The van der Waals surface area contributed by atoms with Gasteiger partial charge >= 0.3 is 0 Å². The number of carbonyl (C=O) groups is 1. The molecule has 0 radical (unpaired) electrons. The summed E-state index contributed by atoms with van der Waals surface area (Å²) < 4.78 is 0. The van der Waals surface area contributed by atoms with Crippen molar-refractivity contribution in [1.29, 1.82) is 0 Å². The van der Waals surface area contributed by atoms with Gasteiger partial charge < -0.3 is 10.0 Å². The topological polar surface area (TPSA) is 83.7 Å². The normalized spacial score (nSPS) is 19.3. The van der Waals surface area contributed by atoms with Crippen LogP contribution in [0, 0.1) is 16.0 Å². The number of anilines is 1. The van der Waals surface area contributed by atoms with Crippen LogP contribution in [-0.2, 0) is 4.79 Å². The molecule has 96 valence electrons. The predicted octanol–water partition coefficient (Wildman–Crippen LogP) is 1.89. The molecule has 1 aliphatic heterocycles. The lowest BCUT2D eigenvalue weighted by Gasteiger charge is -2.17. The van der Waals surface area contributed by atoms with Crippen molar-refractivity contribution in [2.45, 2.75) is 6.42 Å². The Morgan fingerprint density at radius 2 is 2.28 bits per heavy atom. The number of nitro groups is 1. The quantitative estimate of drug-likeness (QED) is 0.516. The highest BCUT2D eigenvalue weighted by molar-refractivity contribution is 6.18. The van der Waals surface area contributed by atoms with E-state index >= 15 is 0 Å². The van der Waals surface area contributed by atoms with Gasteiger partial charge in [0.15, 0.2) is 0 Å². The van der Waals surface area contributed by atoms with Crippen LogP contribution in [-0.4, -0.2) is 28.4 Å². The molecule has 1 unspecified atom stereocenters. The van der Waals surface area contributed by atoms with Crippen molar-refractivity contribution >= 4 is 28.9 Å². The highest BCUT2D eigenvalue weighted by Gasteiger charge is 2.32. The molecule has 0 aromatic heterocycles. The molecule has 1 amide bonds. The van der Waals surface area contributed by atoms with E-state index in [-0.39, 0.29) is 28.9 Å². The van der Waals surface area contributed by atoms with Gasteiger partial charge in [-0.05, 0) is 12.0 Å². The molecule has 2 rings (SSSR count). The van der Waals surface area contributed by atoms with Crippen LogP contribution in [0.5, 0.6) is 5.75 Å². The maximum absolute atomic E-state index is 11.8. The first kappa shape index (κ1) is 12.6. The smallest absolute Gasteiger partial charge is 0.271 e. The zero-order valence-corrected chi connectivity index (χ0v) is 10.1. The fraction of sp³-hybridized carbons (Fsp3) is 0.364. The molecule has 1 N–H and O–H groups in total. The summed E-state index contributed by atoms with van der Waals surface area (Å²) in [7, 11) is 0. The Bertz CT molecular complexity index is 506. The van der Waals surface area contributed by atoms with Gasteiger partial charge in [-0.2, -0.15) is 0 Å². The van der Waals surface area contributed by atoms with Gasteiger partial charge in [0.25, 0.3) is 5.69 Å². The average molecular weight is 271 g/mol. The van der Waals surface area contributed by atoms with Gasteiger partial charge in [0, 0.05) is 31.0 Å². The summed E-state index contributed by atoms with van der Waals surface area (Å²) >= 11 is 5.70. The second kappa shape index (κ2) is 4.81. The predicted molar refractivity (Wildman–Crippen MR) is 65.9 cm³/mol. The second-order valence-electron chi connectivity index (χ2n) is 4.16. The molecule has 6 nitrogen and oxygen atoms in total. The van der Waals surface area contributed by atoms with E-state index in [2.05, 4.69) is 0 Å². The Kier molecular flexibility index (Phi) is 3.38. The first-order chi connectivity index (χ1) is 8.52. The average Bonchev–Trinajstić information content (AvgIpc) is 2.71. The molecule has 7 heteroatoms. The molecule has 0 spiro atoms. The number of hydrogen-bond acceptors (Lipinski definition) is 4. The molecule has 18 heavy (non-hydrogen) atoms. The molecular formula is C11H11ClN2O4. The molecule has 1 aromatic rings. The standard InChI is InChI=1S/C11H11ClN2O4/c12-5-7-3-11(16)13(6-7)9-4-8(14(17)18)1-2-10(9)15/h1-2,4,7,15H,3,5-6H2. The number of halogens is 1. The summed E-state index contributed by atoms with van der Waals surface area (Å²) in [5, 5.41) is 20.4. The number of phenols is 1. The number of nitrogens with zero attached hydrogens (tertiary/aromatic N) is 2. The van der Waals surface area contributed by atoms with Gasteiger partial charge in [-0.15, -0.1) is 11.6 Å². The molecule has 1 fully saturated rings. The lowest BCUT2D eigenvalue weighted by atomic mass is 10.1. The number of amides is 1. The van der Waals surface area contributed by atoms with Crippen LogP contribution in [0.25, 0.3) is 0 Å². The van der Waals surface area contributed by atoms with E-state index < -0.39 is 4.92 Å². The summed E-state index contributed by atoms with van der Waals surface area (Å²) in [6.07, 6.45) is 0.297. The summed E-state index contributed by atoms with van der Waals surface area (Å²) in [6, 6.07) is 3.61. The summed E-state index contributed by atoms with van der Waals surface area (Å²) in [5.74, 6) is 0.0243. The fourth-order valence-electron chi connectivity index (χ4n) is 1.96. The highest BCUT2D eigenvalue weighted by atomic mass is 35.5. The number of alkyl halides is 1. The van der Waals surface area contributed by atoms with E-state index in [4.69, 9.17) is 11.6 Å². The minimum atomic E-state index is -0.567. The van der Waals surface area contributed by atoms with Crippen LogP contribution >= 0.6 is 11.6 Å². The van der Waals surface area contributed by atoms with Crippen molar-refractivity contribution < 1.29 is 14.8 Å². The van der Waals surface area contributed by atoms with Crippen LogP contribution in [0.2, 0.25) is 0 Å². The van der Waals surface area contributed by atoms with E-state index in [1.165, 1.54) is 23.1 Å². The Morgan fingerprint density at radius 1 is 1.56 bits per heavy atom. The van der Waals surface area contributed by atoms with Crippen LogP contribution in [0.1, 0.15) is 6.42 Å². The van der Waals surface area contributed by atoms with Crippen LogP contribution < -0.4 is 4.90 Å². The van der Waals surface area contributed by atoms with Gasteiger partial charge in [-0.25, -0.2) is 0 Å². The lowest BCUT2D eigenvalue weighted by Crippen LogP contribution is -2.24. The molecular weight excluding hydrogens is 260 g/mol. The van der Waals surface area contributed by atoms with Crippen molar-refractivity contribution in [3.8, 4) is 5.75 Å². The van der Waals surface area contributed by atoms with Gasteiger partial charge in [0.1, 0.15) is 5.75 Å². The Balaban J connectivity index is 2.35. The molecule has 1 heterocycles. The molecule has 1 atom stereocenters. The number of carbonyl (C=O) groups excluding carboxylic acids is 1. The van der Waals surface area contributed by atoms with E-state index in [9.17, 15) is 20.0 Å². The Hall–Kier alpha value is -1.82. The van der Waals surface area contributed by atoms with E-state index in [1.54, 1.807) is 0 Å².